The van der Waals surface area contributed by atoms with Crippen molar-refractivity contribution < 1.29 is 29.1 Å². The van der Waals surface area contributed by atoms with E-state index in [1.54, 1.807) is 33.8 Å². The number of ether oxygens (including phenoxy) is 1. The highest BCUT2D eigenvalue weighted by molar-refractivity contribution is 5.88. The molecule has 2 N–H and O–H groups in total. The molecule has 34 heavy (non-hydrogen) atoms. The molecule has 7 heteroatoms. The smallest absolute Gasteiger partial charge is 0.309 e. The van der Waals surface area contributed by atoms with Crippen molar-refractivity contribution in [2.24, 2.45) is 17.3 Å². The first-order valence-electron chi connectivity index (χ1n) is 11.9. The number of rotatable bonds is 2. The van der Waals surface area contributed by atoms with Gasteiger partial charge in [0.25, 0.3) is 0 Å². The van der Waals surface area contributed by atoms with Crippen molar-refractivity contribution in [2.45, 2.75) is 86.0 Å². The van der Waals surface area contributed by atoms with Crippen molar-refractivity contribution in [1.29, 1.82) is 0 Å². The van der Waals surface area contributed by atoms with Gasteiger partial charge in [0.2, 0.25) is 0 Å². The minimum Gasteiger partial charge on any atom is -0.457 e. The molecule has 1 aliphatic rings. The van der Waals surface area contributed by atoms with Gasteiger partial charge in [-0.2, -0.15) is 0 Å². The van der Waals surface area contributed by atoms with Crippen molar-refractivity contribution in [3.05, 3.63) is 46.9 Å². The standard InChI is InChI=1S/C27H39NO6/c1-16-9-8-10-17(2)25(31)20(5)26(32)27(6,7)23(29)15-24(30)33-22(12-11-16)18(3)13-21-14-19(4)34-28-21/h8,10-11,13-14,17,20,22-23,25,29,31H,9,12,15H2,1-7H3/b10-8-,16-11-,18-13+/t17-,20+,22-,23-,25-/m0/s1. The highest BCUT2D eigenvalue weighted by atomic mass is 16.5. The van der Waals surface area contributed by atoms with Crippen LogP contribution in [0.25, 0.3) is 6.08 Å². The third kappa shape index (κ3) is 7.24. The molecule has 2 rings (SSSR count). The molecule has 0 aliphatic carbocycles. The number of aliphatic hydroxyl groups is 2. The Morgan fingerprint density at radius 3 is 2.50 bits per heavy atom. The normalized spacial score (nSPS) is 32.6. The van der Waals surface area contributed by atoms with E-state index in [1.807, 2.05) is 45.1 Å². The van der Waals surface area contributed by atoms with Crippen LogP contribution < -0.4 is 0 Å². The van der Waals surface area contributed by atoms with Crippen LogP contribution >= 0.6 is 0 Å². The van der Waals surface area contributed by atoms with Crippen molar-refractivity contribution in [3.63, 3.8) is 0 Å². The zero-order valence-electron chi connectivity index (χ0n) is 21.4. The van der Waals surface area contributed by atoms with E-state index in [9.17, 15) is 19.8 Å². The van der Waals surface area contributed by atoms with E-state index in [0.29, 0.717) is 24.3 Å². The van der Waals surface area contributed by atoms with Crippen molar-refractivity contribution in [2.75, 3.05) is 0 Å². The molecule has 0 unspecified atom stereocenters. The molecule has 0 aromatic carbocycles. The lowest BCUT2D eigenvalue weighted by Crippen LogP contribution is -2.45. The summed E-state index contributed by atoms with van der Waals surface area (Å²) in [4.78, 5) is 25.9. The maximum Gasteiger partial charge on any atom is 0.309 e. The lowest BCUT2D eigenvalue weighted by atomic mass is 9.73. The van der Waals surface area contributed by atoms with Gasteiger partial charge in [-0.1, -0.05) is 56.7 Å². The third-order valence-electron chi connectivity index (χ3n) is 6.66. The number of allylic oxidation sites excluding steroid dienone is 2. The average molecular weight is 474 g/mol. The Hall–Kier alpha value is -2.51. The number of nitrogens with zero attached hydrogens (tertiary/aromatic N) is 1. The second-order valence-electron chi connectivity index (χ2n) is 10.1. The van der Waals surface area contributed by atoms with Crippen LogP contribution in [0.4, 0.5) is 0 Å². The van der Waals surface area contributed by atoms with Crippen LogP contribution in [-0.2, 0) is 14.3 Å². The SMILES string of the molecule is C/C1=C/C[C@@H](/C(C)=C/c2cc(C)on2)OC(=O)C[C@H](O)C(C)(C)C(=O)[C@H](C)[C@@H](O)[C@@H](C)/C=C\C1. The van der Waals surface area contributed by atoms with Gasteiger partial charge in [0, 0.05) is 24.3 Å². The van der Waals surface area contributed by atoms with E-state index in [0.717, 1.165) is 11.1 Å². The van der Waals surface area contributed by atoms with E-state index >= 15 is 0 Å². The number of ketones is 1. The number of carbonyl (C=O) groups is 2. The molecule has 1 aliphatic heterocycles. The van der Waals surface area contributed by atoms with Crippen molar-refractivity contribution >= 4 is 17.8 Å². The molecule has 7 nitrogen and oxygen atoms in total. The molecule has 0 bridgehead atoms. The predicted molar refractivity (Wildman–Crippen MR) is 131 cm³/mol. The largest absolute Gasteiger partial charge is 0.457 e. The van der Waals surface area contributed by atoms with Crippen LogP contribution in [0.3, 0.4) is 0 Å². The number of hydrogen-bond acceptors (Lipinski definition) is 7. The molecule has 5 atom stereocenters. The van der Waals surface area contributed by atoms with Gasteiger partial charge >= 0.3 is 5.97 Å². The molecule has 0 radical (unpaired) electrons. The molecular formula is C27H39NO6. The summed E-state index contributed by atoms with van der Waals surface area (Å²) in [6, 6.07) is 1.79. The van der Waals surface area contributed by atoms with Gasteiger partial charge < -0.3 is 19.5 Å². The monoisotopic (exact) mass is 473 g/mol. The Morgan fingerprint density at radius 1 is 1.21 bits per heavy atom. The Morgan fingerprint density at radius 2 is 1.88 bits per heavy atom. The third-order valence-corrected chi connectivity index (χ3v) is 6.66. The zero-order chi connectivity index (χ0) is 25.6. The average Bonchev–Trinajstić information content (AvgIpc) is 3.18. The zero-order valence-corrected chi connectivity index (χ0v) is 21.4. The van der Waals surface area contributed by atoms with Gasteiger partial charge in [-0.05, 0) is 38.8 Å². The number of aryl methyl sites for hydroxylation is 1. The van der Waals surface area contributed by atoms with Gasteiger partial charge in [-0.25, -0.2) is 0 Å². The Labute approximate surface area is 202 Å². The van der Waals surface area contributed by atoms with E-state index in [2.05, 4.69) is 5.16 Å². The van der Waals surface area contributed by atoms with Crippen LogP contribution in [0.2, 0.25) is 0 Å². The topological polar surface area (TPSA) is 110 Å². The first kappa shape index (κ1) is 27.7. The minimum atomic E-state index is -1.25. The summed E-state index contributed by atoms with van der Waals surface area (Å²) < 4.78 is 10.9. The van der Waals surface area contributed by atoms with Crippen LogP contribution in [-0.4, -0.2) is 45.4 Å². The van der Waals surface area contributed by atoms with Crippen molar-refractivity contribution in [3.8, 4) is 0 Å². The maximum atomic E-state index is 13.1. The number of carbonyl (C=O) groups excluding carboxylic acids is 2. The number of aromatic nitrogens is 1. The first-order chi connectivity index (χ1) is 15.8. The maximum absolute atomic E-state index is 13.1. The first-order valence-corrected chi connectivity index (χ1v) is 11.9. The number of hydrogen-bond donors (Lipinski definition) is 2. The lowest BCUT2D eigenvalue weighted by Gasteiger charge is -2.34. The molecule has 0 amide bonds. The summed E-state index contributed by atoms with van der Waals surface area (Å²) in [6.45, 7) is 12.4. The molecular weight excluding hydrogens is 434 g/mol. The summed E-state index contributed by atoms with van der Waals surface area (Å²) in [5.41, 5.74) is 1.28. The number of esters is 1. The van der Waals surface area contributed by atoms with Crippen LogP contribution in [0.5, 0.6) is 0 Å². The van der Waals surface area contributed by atoms with Crippen LogP contribution in [0.15, 0.2) is 40.0 Å². The lowest BCUT2D eigenvalue weighted by molar-refractivity contribution is -0.154. The summed E-state index contributed by atoms with van der Waals surface area (Å²) in [6.07, 6.45) is 5.83. The molecule has 0 spiro atoms. The molecule has 1 aromatic rings. The predicted octanol–water partition coefficient (Wildman–Crippen LogP) is 4.57. The second-order valence-corrected chi connectivity index (χ2v) is 10.1. The summed E-state index contributed by atoms with van der Waals surface area (Å²) >= 11 is 0. The fourth-order valence-corrected chi connectivity index (χ4v) is 4.06. The molecule has 0 fully saturated rings. The molecule has 0 saturated carbocycles. The highest BCUT2D eigenvalue weighted by Crippen LogP contribution is 2.31. The number of cyclic esters (lactones) is 1. The second kappa shape index (κ2) is 11.8. The van der Waals surface area contributed by atoms with Crippen LogP contribution in [0, 0.1) is 24.2 Å². The molecule has 2 heterocycles. The molecule has 188 valence electrons. The van der Waals surface area contributed by atoms with Gasteiger partial charge in [0.15, 0.2) is 0 Å². The summed E-state index contributed by atoms with van der Waals surface area (Å²) in [5, 5.41) is 25.5. The quantitative estimate of drug-likeness (QED) is 0.478. The fraction of sp³-hybridized carbons (Fsp3) is 0.593. The Kier molecular flexibility index (Phi) is 9.59. The molecule has 0 saturated heterocycles. The van der Waals surface area contributed by atoms with E-state index in [-0.39, 0.29) is 18.1 Å². The summed E-state index contributed by atoms with van der Waals surface area (Å²) in [5.74, 6) is -1.14. The van der Waals surface area contributed by atoms with Crippen molar-refractivity contribution in [1.82, 2.24) is 5.16 Å². The van der Waals surface area contributed by atoms with Gasteiger partial charge in [-0.3, -0.25) is 9.59 Å². The van der Waals surface area contributed by atoms with E-state index in [4.69, 9.17) is 9.26 Å². The van der Waals surface area contributed by atoms with Gasteiger partial charge in [0.1, 0.15) is 23.3 Å². The minimum absolute atomic E-state index is 0.235. The highest BCUT2D eigenvalue weighted by Gasteiger charge is 2.42. The van der Waals surface area contributed by atoms with E-state index < -0.39 is 35.6 Å². The van der Waals surface area contributed by atoms with Crippen LogP contribution in [0.1, 0.15) is 72.3 Å². The Bertz CT molecular complexity index is 954. The van der Waals surface area contributed by atoms with Gasteiger partial charge in [0.05, 0.1) is 24.0 Å². The number of Topliss-reactive ketones (excluding diaryl/α,β-unsaturated/α-hetero) is 1. The summed E-state index contributed by atoms with van der Waals surface area (Å²) in [7, 11) is 0. The van der Waals surface area contributed by atoms with E-state index in [1.165, 1.54) is 0 Å². The fourth-order valence-electron chi connectivity index (χ4n) is 4.06. The number of aliphatic hydroxyl groups excluding tert-OH is 2. The Balaban J connectivity index is 2.37. The van der Waals surface area contributed by atoms with Gasteiger partial charge in [-0.15, -0.1) is 0 Å². The molecule has 1 aromatic heterocycles.